The molecule has 1 spiro atoms. The predicted molar refractivity (Wildman–Crippen MR) is 122 cm³/mol. The first-order valence-corrected chi connectivity index (χ1v) is 11.1. The SMILES string of the molecule is C[C@H](NC(=O)N1C(=O)C23C=CC(C=C2)[C@@H](c2ccc(Cl)cc2)[C@@H]3[C@H]1C)c1ccccc1. The number of carbonyl (C=O) groups is 2. The van der Waals surface area contributed by atoms with E-state index in [1.807, 2.05) is 80.6 Å². The summed E-state index contributed by atoms with van der Waals surface area (Å²) in [7, 11) is 0. The largest absolute Gasteiger partial charge is 0.331 e. The van der Waals surface area contributed by atoms with Crippen molar-refractivity contribution in [1.29, 1.82) is 0 Å². The molecular formula is C26H25ClN2O2. The van der Waals surface area contributed by atoms with Gasteiger partial charge in [-0.1, -0.05) is 78.4 Å². The molecule has 0 saturated carbocycles. The van der Waals surface area contributed by atoms with Gasteiger partial charge in [0.25, 0.3) is 0 Å². The normalized spacial score (nSPS) is 31.6. The van der Waals surface area contributed by atoms with Gasteiger partial charge < -0.3 is 5.32 Å². The lowest BCUT2D eigenvalue weighted by Gasteiger charge is -2.45. The summed E-state index contributed by atoms with van der Waals surface area (Å²) in [6.45, 7) is 3.93. The van der Waals surface area contributed by atoms with Crippen molar-refractivity contribution in [2.45, 2.75) is 31.8 Å². The van der Waals surface area contributed by atoms with Gasteiger partial charge in [-0.05, 0) is 37.1 Å². The van der Waals surface area contributed by atoms with Gasteiger partial charge in [-0.2, -0.15) is 0 Å². The lowest BCUT2D eigenvalue weighted by Crippen LogP contribution is -2.46. The first-order valence-electron chi connectivity index (χ1n) is 10.8. The summed E-state index contributed by atoms with van der Waals surface area (Å²) >= 11 is 6.11. The highest BCUT2D eigenvalue weighted by molar-refractivity contribution is 6.30. The number of imide groups is 1. The molecule has 1 heterocycles. The molecule has 4 nitrogen and oxygen atoms in total. The van der Waals surface area contributed by atoms with E-state index in [1.54, 1.807) is 0 Å². The number of nitrogens with zero attached hydrogens (tertiary/aromatic N) is 1. The van der Waals surface area contributed by atoms with Gasteiger partial charge in [-0.3, -0.25) is 9.69 Å². The van der Waals surface area contributed by atoms with Crippen molar-refractivity contribution in [3.63, 3.8) is 0 Å². The van der Waals surface area contributed by atoms with Crippen LogP contribution in [0, 0.1) is 17.3 Å². The molecule has 1 aliphatic heterocycles. The number of carbonyl (C=O) groups excluding carboxylic acids is 2. The van der Waals surface area contributed by atoms with E-state index in [2.05, 4.69) is 17.5 Å². The second kappa shape index (κ2) is 7.38. The molecule has 2 bridgehead atoms. The van der Waals surface area contributed by atoms with Gasteiger partial charge in [-0.25, -0.2) is 4.79 Å². The van der Waals surface area contributed by atoms with E-state index in [-0.39, 0.29) is 41.8 Å². The second-order valence-electron chi connectivity index (χ2n) is 8.83. The number of hydrogen-bond acceptors (Lipinski definition) is 2. The number of halogens is 1. The number of allylic oxidation sites excluding steroid dienone is 2. The van der Waals surface area contributed by atoms with E-state index in [0.717, 1.165) is 11.1 Å². The highest BCUT2D eigenvalue weighted by Gasteiger charge is 2.63. The van der Waals surface area contributed by atoms with Crippen LogP contribution in [0.25, 0.3) is 0 Å². The van der Waals surface area contributed by atoms with Crippen molar-refractivity contribution >= 4 is 23.5 Å². The molecule has 0 radical (unpaired) electrons. The first-order chi connectivity index (χ1) is 14.9. The van der Waals surface area contributed by atoms with Gasteiger partial charge in [-0.15, -0.1) is 0 Å². The molecular weight excluding hydrogens is 408 g/mol. The third-order valence-electron chi connectivity index (χ3n) is 7.17. The molecule has 2 aromatic carbocycles. The highest BCUT2D eigenvalue weighted by atomic mass is 35.5. The Morgan fingerprint density at radius 1 is 1.06 bits per heavy atom. The Bertz CT molecular complexity index is 1060. The van der Waals surface area contributed by atoms with Gasteiger partial charge in [0, 0.05) is 28.8 Å². The molecule has 158 valence electrons. The zero-order valence-electron chi connectivity index (χ0n) is 17.5. The summed E-state index contributed by atoms with van der Waals surface area (Å²) in [5.74, 6) is 0.163. The monoisotopic (exact) mass is 432 g/mol. The summed E-state index contributed by atoms with van der Waals surface area (Å²) in [6.07, 6.45) is 8.27. The number of benzene rings is 2. The van der Waals surface area contributed by atoms with Crippen molar-refractivity contribution in [3.05, 3.63) is 95.1 Å². The maximum atomic E-state index is 13.7. The van der Waals surface area contributed by atoms with Gasteiger partial charge >= 0.3 is 6.03 Å². The van der Waals surface area contributed by atoms with Gasteiger partial charge in [0.1, 0.15) is 0 Å². The maximum absolute atomic E-state index is 13.7. The average Bonchev–Trinajstić information content (AvgIpc) is 3.02. The Morgan fingerprint density at radius 3 is 2.35 bits per heavy atom. The van der Waals surface area contributed by atoms with Crippen LogP contribution in [0.5, 0.6) is 0 Å². The quantitative estimate of drug-likeness (QED) is 0.652. The summed E-state index contributed by atoms with van der Waals surface area (Å²) in [5.41, 5.74) is 1.38. The minimum atomic E-state index is -0.772. The molecule has 4 atom stereocenters. The fraction of sp³-hybridized carbons (Fsp3) is 0.308. The number of hydrogen-bond donors (Lipinski definition) is 1. The van der Waals surface area contributed by atoms with Crippen molar-refractivity contribution < 1.29 is 9.59 Å². The molecule has 1 N–H and O–H groups in total. The molecule has 3 aliphatic carbocycles. The molecule has 3 amide bonds. The van der Waals surface area contributed by atoms with Crippen LogP contribution >= 0.6 is 11.6 Å². The van der Waals surface area contributed by atoms with Crippen LogP contribution in [0.2, 0.25) is 5.02 Å². The van der Waals surface area contributed by atoms with Crippen molar-refractivity contribution in [1.82, 2.24) is 10.2 Å². The van der Waals surface area contributed by atoms with Crippen molar-refractivity contribution in [2.24, 2.45) is 17.3 Å². The van der Waals surface area contributed by atoms with Crippen LogP contribution in [-0.2, 0) is 4.79 Å². The topological polar surface area (TPSA) is 49.4 Å². The number of amides is 3. The zero-order valence-corrected chi connectivity index (χ0v) is 18.3. The van der Waals surface area contributed by atoms with E-state index in [9.17, 15) is 9.59 Å². The smallest absolute Gasteiger partial charge is 0.324 e. The van der Waals surface area contributed by atoms with Crippen LogP contribution in [0.4, 0.5) is 4.79 Å². The van der Waals surface area contributed by atoms with Crippen LogP contribution in [-0.4, -0.2) is 22.9 Å². The van der Waals surface area contributed by atoms with E-state index < -0.39 is 5.41 Å². The summed E-state index contributed by atoms with van der Waals surface area (Å²) in [4.78, 5) is 28.4. The Labute approximate surface area is 187 Å². The molecule has 4 aliphatic rings. The number of nitrogens with one attached hydrogen (secondary N) is 1. The molecule has 2 aromatic rings. The molecule has 1 saturated heterocycles. The minimum Gasteiger partial charge on any atom is -0.331 e. The third kappa shape index (κ3) is 3.04. The molecule has 1 fully saturated rings. The summed E-state index contributed by atoms with van der Waals surface area (Å²) in [6, 6.07) is 16.9. The maximum Gasteiger partial charge on any atom is 0.324 e. The second-order valence-corrected chi connectivity index (χ2v) is 9.27. The van der Waals surface area contributed by atoms with E-state index in [0.29, 0.717) is 5.02 Å². The van der Waals surface area contributed by atoms with Gasteiger partial charge in [0.2, 0.25) is 5.91 Å². The predicted octanol–water partition coefficient (Wildman–Crippen LogP) is 5.48. The summed E-state index contributed by atoms with van der Waals surface area (Å²) < 4.78 is 0. The Morgan fingerprint density at radius 2 is 1.71 bits per heavy atom. The molecule has 0 unspecified atom stereocenters. The molecule has 31 heavy (non-hydrogen) atoms. The lowest BCUT2D eigenvalue weighted by atomic mass is 9.56. The number of urea groups is 1. The standard InChI is InChI=1S/C26H25ClN2O2/c1-16(18-6-4-3-5-7-18)28-25(31)29-17(2)23-22(19-8-10-21(27)11-9-19)20-12-14-26(23,15-13-20)24(29)30/h3-17,20,22-23H,1-2H3,(H,28,31)/t16-,17+,20?,22+,23-,26?/m0/s1. The van der Waals surface area contributed by atoms with Gasteiger partial charge in [0.15, 0.2) is 0 Å². The lowest BCUT2D eigenvalue weighted by molar-refractivity contribution is -0.131. The number of likely N-dealkylation sites (tertiary alicyclic amines) is 1. The summed E-state index contributed by atoms with van der Waals surface area (Å²) in [5, 5.41) is 3.72. The van der Waals surface area contributed by atoms with Crippen molar-refractivity contribution in [3.8, 4) is 0 Å². The van der Waals surface area contributed by atoms with Crippen LogP contribution < -0.4 is 5.32 Å². The fourth-order valence-corrected chi connectivity index (χ4v) is 5.79. The Hall–Kier alpha value is -2.85. The van der Waals surface area contributed by atoms with Gasteiger partial charge in [0.05, 0.1) is 11.5 Å². The van der Waals surface area contributed by atoms with Crippen LogP contribution in [0.3, 0.4) is 0 Å². The van der Waals surface area contributed by atoms with E-state index in [1.165, 1.54) is 4.90 Å². The Kier molecular flexibility index (Phi) is 4.78. The third-order valence-corrected chi connectivity index (χ3v) is 7.42. The van der Waals surface area contributed by atoms with Crippen LogP contribution in [0.15, 0.2) is 78.9 Å². The Balaban J connectivity index is 1.47. The highest BCUT2D eigenvalue weighted by Crippen LogP contribution is 2.59. The first kappa shape index (κ1) is 20.1. The zero-order chi connectivity index (χ0) is 21.8. The molecule has 6 rings (SSSR count). The fourth-order valence-electron chi connectivity index (χ4n) is 5.67. The van der Waals surface area contributed by atoms with E-state index >= 15 is 0 Å². The molecule has 5 heteroatoms. The number of rotatable bonds is 3. The minimum absolute atomic E-state index is 0.0149. The van der Waals surface area contributed by atoms with Crippen LogP contribution in [0.1, 0.15) is 36.9 Å². The average molecular weight is 433 g/mol. The molecule has 0 aromatic heterocycles. The van der Waals surface area contributed by atoms with E-state index in [4.69, 9.17) is 11.6 Å². The van der Waals surface area contributed by atoms with Crippen molar-refractivity contribution in [2.75, 3.05) is 0 Å².